The molecule has 3 nitrogen and oxygen atoms in total. The maximum atomic E-state index is 13.3. The summed E-state index contributed by atoms with van der Waals surface area (Å²) in [5.74, 6) is -0.531. The third kappa shape index (κ3) is 4.08. The molecule has 3 aromatic carbocycles. The predicted octanol–water partition coefficient (Wildman–Crippen LogP) is 3.86. The lowest BCUT2D eigenvalue weighted by Gasteiger charge is -2.32. The number of carbonyl (C=O) groups excluding carboxylic acids is 2. The molecule has 3 rings (SSSR count). The highest BCUT2D eigenvalue weighted by molar-refractivity contribution is 7.96. The van der Waals surface area contributed by atoms with E-state index in [2.05, 4.69) is 36.4 Å². The Morgan fingerprint density at radius 1 is 0.700 bits per heavy atom. The van der Waals surface area contributed by atoms with Crippen LogP contribution in [0.3, 0.4) is 0 Å². The number of esters is 1. The van der Waals surface area contributed by atoms with Crippen molar-refractivity contribution in [3.8, 4) is 0 Å². The van der Waals surface area contributed by atoms with Gasteiger partial charge in [0.25, 0.3) is 0 Å². The average Bonchev–Trinajstić information content (AvgIpc) is 2.78. The molecule has 0 unspecified atom stereocenters. The van der Waals surface area contributed by atoms with Crippen molar-refractivity contribution >= 4 is 39.8 Å². The second kappa shape index (κ2) is 9.56. The van der Waals surface area contributed by atoms with Crippen LogP contribution in [0.2, 0.25) is 0 Å². The van der Waals surface area contributed by atoms with E-state index >= 15 is 0 Å². The van der Waals surface area contributed by atoms with Crippen LogP contribution >= 0.6 is 6.89 Å². The van der Waals surface area contributed by atoms with Crippen molar-refractivity contribution in [3.05, 3.63) is 103 Å². The van der Waals surface area contributed by atoms with Crippen LogP contribution in [0.15, 0.2) is 103 Å². The second-order valence-corrected chi connectivity index (χ2v) is 10.3. The van der Waals surface area contributed by atoms with Gasteiger partial charge in [-0.3, -0.25) is 4.79 Å². The summed E-state index contributed by atoms with van der Waals surface area (Å²) in [6.45, 7) is 0.682. The molecule has 0 spiro atoms. The van der Waals surface area contributed by atoms with E-state index in [-0.39, 0.29) is 5.78 Å². The molecule has 152 valence electrons. The summed E-state index contributed by atoms with van der Waals surface area (Å²) in [6, 6.07) is 30.1. The van der Waals surface area contributed by atoms with Gasteiger partial charge in [0.05, 0.1) is 12.4 Å². The standard InChI is InChI=1S/C26H25O3P/c1-20(19-21(2)27)25(26(28)29-3)30(22-13-7-4-8-14-22,23-15-9-5-10-16-23)24-17-11-6-12-18-24/h4-19H,1-3H3/b20-19+. The number of ether oxygens (including phenoxy) is 1. The molecule has 0 heterocycles. The largest absolute Gasteiger partial charge is 0.465 e. The highest BCUT2D eigenvalue weighted by atomic mass is 31.2. The number of carbonyl (C=O) groups is 2. The van der Waals surface area contributed by atoms with Crippen molar-refractivity contribution in [2.75, 3.05) is 7.11 Å². The molecule has 0 saturated carbocycles. The summed E-state index contributed by atoms with van der Waals surface area (Å²) in [6.07, 6.45) is 1.52. The van der Waals surface area contributed by atoms with Gasteiger partial charge in [0.2, 0.25) is 0 Å². The quantitative estimate of drug-likeness (QED) is 0.348. The molecule has 0 radical (unpaired) electrons. The van der Waals surface area contributed by atoms with Crippen LogP contribution < -0.4 is 15.9 Å². The first-order valence-corrected chi connectivity index (χ1v) is 11.5. The zero-order valence-corrected chi connectivity index (χ0v) is 18.3. The van der Waals surface area contributed by atoms with E-state index in [4.69, 9.17) is 4.74 Å². The Kier molecular flexibility index (Phi) is 6.87. The van der Waals surface area contributed by atoms with Gasteiger partial charge in [0, 0.05) is 0 Å². The third-order valence-corrected chi connectivity index (χ3v) is 9.36. The highest BCUT2D eigenvalue weighted by Gasteiger charge is 2.34. The van der Waals surface area contributed by atoms with E-state index in [0.717, 1.165) is 15.9 Å². The molecule has 0 aromatic heterocycles. The van der Waals surface area contributed by atoms with Crippen molar-refractivity contribution in [2.45, 2.75) is 13.8 Å². The number of rotatable bonds is 6. The summed E-state index contributed by atoms with van der Waals surface area (Å²) in [7, 11) is 1.39. The SMILES string of the molecule is COC(=O)C(/C(C)=C/C(C)=O)=P(c1ccccc1)(c1ccccc1)c1ccccc1. The van der Waals surface area contributed by atoms with E-state index in [1.807, 2.05) is 61.5 Å². The van der Waals surface area contributed by atoms with Crippen LogP contribution in [0.1, 0.15) is 13.8 Å². The fourth-order valence-electron chi connectivity index (χ4n) is 3.82. The van der Waals surface area contributed by atoms with Crippen molar-refractivity contribution in [1.82, 2.24) is 0 Å². The molecule has 0 aliphatic heterocycles. The first kappa shape index (κ1) is 21.5. The number of ketones is 1. The van der Waals surface area contributed by atoms with Gasteiger partial charge in [-0.2, -0.15) is 0 Å². The monoisotopic (exact) mass is 416 g/mol. The van der Waals surface area contributed by atoms with Crippen LogP contribution in [0.4, 0.5) is 0 Å². The Hall–Kier alpha value is -3.16. The Bertz CT molecular complexity index is 1010. The normalized spacial score (nSPS) is 11.6. The summed E-state index contributed by atoms with van der Waals surface area (Å²) in [5.41, 5.74) is 0.624. The van der Waals surface area contributed by atoms with E-state index in [9.17, 15) is 9.59 Å². The molecular weight excluding hydrogens is 391 g/mol. The summed E-state index contributed by atoms with van der Waals surface area (Å²) < 4.78 is 5.29. The molecule has 0 aliphatic carbocycles. The van der Waals surface area contributed by atoms with Gasteiger partial charge < -0.3 is 4.74 Å². The van der Waals surface area contributed by atoms with Crippen LogP contribution in [0, 0.1) is 0 Å². The molecule has 0 atom stereocenters. The summed E-state index contributed by atoms with van der Waals surface area (Å²) >= 11 is 0. The number of benzene rings is 3. The molecule has 0 bridgehead atoms. The van der Waals surface area contributed by atoms with Crippen LogP contribution in [0.25, 0.3) is 0 Å². The maximum Gasteiger partial charge on any atom is 0.339 e. The molecule has 0 aliphatic rings. The Morgan fingerprint density at radius 2 is 1.07 bits per heavy atom. The fraction of sp³-hybridized carbons (Fsp3) is 0.115. The van der Waals surface area contributed by atoms with Crippen molar-refractivity contribution in [3.63, 3.8) is 0 Å². The highest BCUT2D eigenvalue weighted by Crippen LogP contribution is 2.47. The Labute approximate surface area is 178 Å². The minimum atomic E-state index is -2.63. The number of hydrogen-bond donors (Lipinski definition) is 0. The lowest BCUT2D eigenvalue weighted by molar-refractivity contribution is -0.132. The van der Waals surface area contributed by atoms with E-state index in [0.29, 0.717) is 10.9 Å². The predicted molar refractivity (Wildman–Crippen MR) is 127 cm³/mol. The smallest absolute Gasteiger partial charge is 0.339 e. The fourth-order valence-corrected chi connectivity index (χ4v) is 8.31. The molecule has 0 amide bonds. The molecule has 0 fully saturated rings. The first-order valence-electron chi connectivity index (χ1n) is 9.72. The molecular formula is C26H25O3P. The molecule has 0 N–H and O–H groups in total. The molecule has 0 saturated heterocycles. The third-order valence-electron chi connectivity index (χ3n) is 4.94. The molecule has 4 heteroatoms. The zero-order valence-electron chi connectivity index (χ0n) is 17.4. The second-order valence-electron chi connectivity index (χ2n) is 6.96. The van der Waals surface area contributed by atoms with Crippen molar-refractivity contribution in [1.29, 1.82) is 0 Å². The molecule has 30 heavy (non-hydrogen) atoms. The lowest BCUT2D eigenvalue weighted by Crippen LogP contribution is -2.34. The minimum Gasteiger partial charge on any atom is -0.465 e. The van der Waals surface area contributed by atoms with Gasteiger partial charge in [-0.05, 0) is 48.3 Å². The summed E-state index contributed by atoms with van der Waals surface area (Å²) in [4.78, 5) is 25.3. The van der Waals surface area contributed by atoms with Crippen LogP contribution in [-0.4, -0.2) is 24.2 Å². The number of hydrogen-bond acceptors (Lipinski definition) is 3. The van der Waals surface area contributed by atoms with Crippen molar-refractivity contribution in [2.24, 2.45) is 0 Å². The van der Waals surface area contributed by atoms with Crippen molar-refractivity contribution < 1.29 is 14.3 Å². The average molecular weight is 416 g/mol. The summed E-state index contributed by atoms with van der Waals surface area (Å²) in [5, 5.41) is 3.61. The van der Waals surface area contributed by atoms with Gasteiger partial charge in [-0.25, -0.2) is 4.79 Å². The van der Waals surface area contributed by atoms with Gasteiger partial charge in [0.1, 0.15) is 0 Å². The zero-order chi connectivity index (χ0) is 21.6. The van der Waals surface area contributed by atoms with Crippen LogP contribution in [0.5, 0.6) is 0 Å². The topological polar surface area (TPSA) is 43.4 Å². The number of methoxy groups -OCH3 is 1. The van der Waals surface area contributed by atoms with Crippen LogP contribution in [-0.2, 0) is 14.3 Å². The minimum absolute atomic E-state index is 0.110. The first-order chi connectivity index (χ1) is 14.5. The Morgan fingerprint density at radius 3 is 1.37 bits per heavy atom. The van der Waals surface area contributed by atoms with Gasteiger partial charge >= 0.3 is 5.97 Å². The number of allylic oxidation sites excluding steroid dienone is 1. The molecule has 3 aromatic rings. The lowest BCUT2D eigenvalue weighted by atomic mass is 10.2. The van der Waals surface area contributed by atoms with Gasteiger partial charge in [-0.1, -0.05) is 91.0 Å². The van der Waals surface area contributed by atoms with E-state index in [1.165, 1.54) is 20.1 Å². The maximum absolute atomic E-state index is 13.3. The van der Waals surface area contributed by atoms with E-state index in [1.54, 1.807) is 0 Å². The van der Waals surface area contributed by atoms with E-state index < -0.39 is 12.9 Å². The Balaban J connectivity index is 2.67. The van der Waals surface area contributed by atoms with Gasteiger partial charge in [0.15, 0.2) is 5.78 Å². The van der Waals surface area contributed by atoms with Gasteiger partial charge in [-0.15, -0.1) is 0 Å².